The summed E-state index contributed by atoms with van der Waals surface area (Å²) in [6.07, 6.45) is 0.883. The van der Waals surface area contributed by atoms with Gasteiger partial charge in [-0.25, -0.2) is 4.39 Å². The summed E-state index contributed by atoms with van der Waals surface area (Å²) in [5, 5.41) is 16.6. The van der Waals surface area contributed by atoms with Crippen LogP contribution >= 0.6 is 15.9 Å². The van der Waals surface area contributed by atoms with Gasteiger partial charge in [0.25, 0.3) is 5.56 Å². The average molecular weight is 521 g/mol. The molecule has 174 valence electrons. The Kier molecular flexibility index (Phi) is 6.15. The van der Waals surface area contributed by atoms with E-state index in [9.17, 15) is 14.3 Å². The second-order valence-electron chi connectivity index (χ2n) is 9.19. The van der Waals surface area contributed by atoms with Crippen molar-refractivity contribution < 1.29 is 9.50 Å². The smallest absolute Gasteiger partial charge is 0.252 e. The van der Waals surface area contributed by atoms with E-state index in [1.807, 2.05) is 61.5 Å². The first kappa shape index (κ1) is 23.0. The summed E-state index contributed by atoms with van der Waals surface area (Å²) in [7, 11) is 0. The highest BCUT2D eigenvalue weighted by Gasteiger charge is 2.44. The zero-order valence-corrected chi connectivity index (χ0v) is 20.4. The van der Waals surface area contributed by atoms with E-state index < -0.39 is 11.5 Å². The predicted octanol–water partition coefficient (Wildman–Crippen LogP) is 5.73. The number of piperidine rings is 1. The lowest BCUT2D eigenvalue weighted by Crippen LogP contribution is -2.49. The molecule has 3 unspecified atom stereocenters. The van der Waals surface area contributed by atoms with Gasteiger partial charge in [-0.1, -0.05) is 52.3 Å². The van der Waals surface area contributed by atoms with Crippen molar-refractivity contribution in [2.75, 3.05) is 6.54 Å². The van der Waals surface area contributed by atoms with E-state index in [1.165, 1.54) is 12.1 Å². The molecule has 34 heavy (non-hydrogen) atoms. The predicted molar refractivity (Wildman–Crippen MR) is 137 cm³/mol. The second-order valence-corrected chi connectivity index (χ2v) is 10.1. The molecule has 3 atom stereocenters. The fourth-order valence-electron chi connectivity index (χ4n) is 5.34. The lowest BCUT2D eigenvalue weighted by molar-refractivity contribution is -0.0194. The third kappa shape index (κ3) is 4.33. The van der Waals surface area contributed by atoms with E-state index in [4.69, 9.17) is 0 Å². The summed E-state index contributed by atoms with van der Waals surface area (Å²) in [4.78, 5) is 16.3. The molecule has 6 heteroatoms. The normalized spacial score (nSPS) is 21.5. The zero-order valence-electron chi connectivity index (χ0n) is 18.8. The van der Waals surface area contributed by atoms with E-state index in [2.05, 4.69) is 26.2 Å². The summed E-state index contributed by atoms with van der Waals surface area (Å²) in [5.41, 5.74) is 2.60. The van der Waals surface area contributed by atoms with E-state index >= 15 is 0 Å². The molecule has 1 aromatic heterocycles. The van der Waals surface area contributed by atoms with E-state index in [-0.39, 0.29) is 17.4 Å². The maximum Gasteiger partial charge on any atom is 0.252 e. The van der Waals surface area contributed by atoms with Crippen molar-refractivity contribution in [3.63, 3.8) is 0 Å². The second kappa shape index (κ2) is 9.10. The Balaban J connectivity index is 1.64. The Morgan fingerprint density at radius 2 is 1.88 bits per heavy atom. The molecule has 3 aromatic carbocycles. The van der Waals surface area contributed by atoms with Crippen molar-refractivity contribution in [1.82, 2.24) is 10.3 Å². The minimum Gasteiger partial charge on any atom is -0.389 e. The molecule has 0 bridgehead atoms. The molecule has 4 nitrogen and oxygen atoms in total. The highest BCUT2D eigenvalue weighted by atomic mass is 79.9. The number of aromatic amines is 1. The molecule has 2 heterocycles. The number of halogens is 2. The Morgan fingerprint density at radius 3 is 2.65 bits per heavy atom. The minimum absolute atomic E-state index is 0.153. The SMILES string of the molecule is Cc1cc(F)ccc1C1CC(O)(C(c2ccccc2)c2cc3cc(Br)ccc3[nH]c2=O)CCN1. The maximum atomic E-state index is 13.7. The molecule has 1 fully saturated rings. The van der Waals surface area contributed by atoms with Crippen LogP contribution in [0.5, 0.6) is 0 Å². The molecule has 0 amide bonds. The Labute approximate surface area is 206 Å². The third-order valence-corrected chi connectivity index (χ3v) is 7.42. The highest BCUT2D eigenvalue weighted by Crippen LogP contribution is 2.44. The van der Waals surface area contributed by atoms with E-state index in [0.717, 1.165) is 32.1 Å². The fraction of sp³-hybridized carbons (Fsp3) is 0.250. The number of H-pyrrole nitrogens is 1. The van der Waals surface area contributed by atoms with Crippen LogP contribution in [0.4, 0.5) is 4.39 Å². The van der Waals surface area contributed by atoms with Crippen LogP contribution in [0.2, 0.25) is 0 Å². The Bertz CT molecular complexity index is 1400. The van der Waals surface area contributed by atoms with Crippen molar-refractivity contribution >= 4 is 26.8 Å². The molecule has 5 rings (SSSR count). The molecule has 0 aliphatic carbocycles. The van der Waals surface area contributed by atoms with Crippen LogP contribution in [-0.2, 0) is 0 Å². The number of aromatic nitrogens is 1. The van der Waals surface area contributed by atoms with Crippen molar-refractivity contribution in [2.24, 2.45) is 0 Å². The standard InChI is InChI=1S/C28H26BrFN2O2/c1-17-13-21(30)8-9-22(17)25-16-28(34,11-12-31-25)26(18-5-3-2-4-6-18)23-15-19-14-20(29)7-10-24(19)32-27(23)33/h2-10,13-15,25-26,31,34H,11-12,16H2,1H3,(H,32,33). The number of fused-ring (bicyclic) bond motifs is 1. The summed E-state index contributed by atoms with van der Waals surface area (Å²) < 4.78 is 14.6. The van der Waals surface area contributed by atoms with Crippen molar-refractivity contribution in [3.8, 4) is 0 Å². The van der Waals surface area contributed by atoms with Crippen LogP contribution in [-0.4, -0.2) is 22.2 Å². The number of hydrogen-bond acceptors (Lipinski definition) is 3. The van der Waals surface area contributed by atoms with Crippen molar-refractivity contribution in [1.29, 1.82) is 0 Å². The van der Waals surface area contributed by atoms with Crippen molar-refractivity contribution in [3.05, 3.63) is 116 Å². The van der Waals surface area contributed by atoms with Gasteiger partial charge in [-0.3, -0.25) is 4.79 Å². The van der Waals surface area contributed by atoms with Gasteiger partial charge in [-0.05, 0) is 84.8 Å². The molecular weight excluding hydrogens is 495 g/mol. The summed E-state index contributed by atoms with van der Waals surface area (Å²) in [6, 6.07) is 22.0. The molecule has 0 saturated carbocycles. The molecule has 0 radical (unpaired) electrons. The first-order chi connectivity index (χ1) is 16.3. The van der Waals surface area contributed by atoms with Gasteiger partial charge in [0, 0.05) is 27.5 Å². The first-order valence-corrected chi connectivity index (χ1v) is 12.2. The lowest BCUT2D eigenvalue weighted by atomic mass is 9.70. The van der Waals surface area contributed by atoms with Crippen LogP contribution in [0.25, 0.3) is 10.9 Å². The summed E-state index contributed by atoms with van der Waals surface area (Å²) in [6.45, 7) is 2.46. The molecule has 1 aliphatic rings. The first-order valence-electron chi connectivity index (χ1n) is 11.4. The fourth-order valence-corrected chi connectivity index (χ4v) is 5.72. The van der Waals surface area contributed by atoms with Gasteiger partial charge in [0.2, 0.25) is 0 Å². The molecular formula is C28H26BrFN2O2. The largest absolute Gasteiger partial charge is 0.389 e. The van der Waals surface area contributed by atoms with Crippen molar-refractivity contribution in [2.45, 2.75) is 37.3 Å². The summed E-state index contributed by atoms with van der Waals surface area (Å²) >= 11 is 3.51. The summed E-state index contributed by atoms with van der Waals surface area (Å²) in [5.74, 6) is -0.797. The van der Waals surface area contributed by atoms with Crippen LogP contribution in [0.3, 0.4) is 0 Å². The Hall–Kier alpha value is -2.80. The van der Waals surface area contributed by atoms with E-state index in [1.54, 1.807) is 6.07 Å². The van der Waals surface area contributed by atoms with Crippen LogP contribution < -0.4 is 10.9 Å². The number of hydrogen-bond donors (Lipinski definition) is 3. The Morgan fingerprint density at radius 1 is 1.09 bits per heavy atom. The zero-order chi connectivity index (χ0) is 23.9. The van der Waals surface area contributed by atoms with Gasteiger partial charge in [0.1, 0.15) is 5.82 Å². The molecule has 0 spiro atoms. The topological polar surface area (TPSA) is 65.1 Å². The van der Waals surface area contributed by atoms with Crippen LogP contribution in [0.1, 0.15) is 47.1 Å². The number of aryl methyl sites for hydroxylation is 1. The van der Waals surface area contributed by atoms with Gasteiger partial charge in [-0.2, -0.15) is 0 Å². The number of benzene rings is 3. The molecule has 1 aliphatic heterocycles. The highest BCUT2D eigenvalue weighted by molar-refractivity contribution is 9.10. The number of pyridine rings is 1. The van der Waals surface area contributed by atoms with Crippen LogP contribution in [0, 0.1) is 12.7 Å². The van der Waals surface area contributed by atoms with E-state index in [0.29, 0.717) is 24.9 Å². The quantitative estimate of drug-likeness (QED) is 0.322. The number of rotatable bonds is 4. The van der Waals surface area contributed by atoms with Gasteiger partial charge in [-0.15, -0.1) is 0 Å². The monoisotopic (exact) mass is 520 g/mol. The van der Waals surface area contributed by atoms with Gasteiger partial charge in [0.05, 0.1) is 5.60 Å². The average Bonchev–Trinajstić information content (AvgIpc) is 2.80. The molecule has 3 N–H and O–H groups in total. The minimum atomic E-state index is -1.18. The number of aliphatic hydroxyl groups is 1. The van der Waals surface area contributed by atoms with Crippen LogP contribution in [0.15, 0.2) is 82.1 Å². The molecule has 1 saturated heterocycles. The third-order valence-electron chi connectivity index (χ3n) is 6.93. The maximum absolute atomic E-state index is 13.7. The lowest BCUT2D eigenvalue weighted by Gasteiger charge is -2.43. The molecule has 4 aromatic rings. The van der Waals surface area contributed by atoms with Gasteiger partial charge >= 0.3 is 0 Å². The van der Waals surface area contributed by atoms with Gasteiger partial charge < -0.3 is 15.4 Å². The number of nitrogens with one attached hydrogen (secondary N) is 2. The van der Waals surface area contributed by atoms with Gasteiger partial charge in [0.15, 0.2) is 0 Å².